The zero-order valence-corrected chi connectivity index (χ0v) is 14.5. The van der Waals surface area contributed by atoms with Gasteiger partial charge in [0.1, 0.15) is 17.5 Å². The van der Waals surface area contributed by atoms with Crippen molar-refractivity contribution in [1.29, 1.82) is 5.26 Å². The minimum atomic E-state index is -0.926. The number of nitrogens with zero attached hydrogens (tertiary/aromatic N) is 1. The summed E-state index contributed by atoms with van der Waals surface area (Å²) in [6, 6.07) is 14.6. The molecular weight excluding hydrogens is 333 g/mol. The predicted molar refractivity (Wildman–Crippen MR) is 95.8 cm³/mol. The van der Waals surface area contributed by atoms with Crippen molar-refractivity contribution in [2.24, 2.45) is 0 Å². The Kier molecular flexibility index (Phi) is 6.40. The molecule has 2 aromatic carbocycles. The van der Waals surface area contributed by atoms with Crippen LogP contribution >= 0.6 is 0 Å². The van der Waals surface area contributed by atoms with E-state index in [1.807, 2.05) is 12.1 Å². The Bertz CT molecular complexity index is 877. The molecule has 0 heterocycles. The number of Topliss-reactive ketones (excluding diaryl/α,β-unsaturated/α-hetero) is 1. The van der Waals surface area contributed by atoms with Crippen LogP contribution in [0.3, 0.4) is 0 Å². The Morgan fingerprint density at radius 1 is 1.15 bits per heavy atom. The number of halogens is 1. The first-order valence-electron chi connectivity index (χ1n) is 8.09. The summed E-state index contributed by atoms with van der Waals surface area (Å²) in [4.78, 5) is 23.9. The quantitative estimate of drug-likeness (QED) is 0.337. The molecule has 0 saturated carbocycles. The van der Waals surface area contributed by atoms with E-state index in [0.29, 0.717) is 11.5 Å². The van der Waals surface area contributed by atoms with Crippen molar-refractivity contribution >= 4 is 17.8 Å². The maximum absolute atomic E-state index is 13.5. The van der Waals surface area contributed by atoms with Crippen LogP contribution in [0.2, 0.25) is 0 Å². The van der Waals surface area contributed by atoms with Crippen LogP contribution in [-0.4, -0.2) is 18.4 Å². The van der Waals surface area contributed by atoms with Crippen LogP contribution in [0.15, 0.2) is 54.1 Å². The van der Waals surface area contributed by atoms with E-state index in [1.54, 1.807) is 18.2 Å². The van der Waals surface area contributed by atoms with Crippen molar-refractivity contribution in [3.05, 3.63) is 76.6 Å². The minimum Gasteiger partial charge on any atom is -0.453 e. The molecule has 0 spiro atoms. The molecule has 0 N–H and O–H groups in total. The minimum absolute atomic E-state index is 0.160. The van der Waals surface area contributed by atoms with Gasteiger partial charge in [-0.15, -0.1) is 0 Å². The standard InChI is InChI=1S/C21H18FNO3/c1-14(2)16-9-7-15(8-10-16)11-17(12-23)21(25)26-13-20(24)18-5-3-4-6-19(18)22/h3-11,14H,13H2,1-2H3/b17-11+. The Morgan fingerprint density at radius 2 is 1.81 bits per heavy atom. The number of hydrogen-bond donors (Lipinski definition) is 0. The topological polar surface area (TPSA) is 67.2 Å². The molecule has 0 saturated heterocycles. The van der Waals surface area contributed by atoms with Crippen molar-refractivity contribution < 1.29 is 18.7 Å². The van der Waals surface area contributed by atoms with Gasteiger partial charge in [0, 0.05) is 0 Å². The van der Waals surface area contributed by atoms with Crippen LogP contribution in [0.1, 0.15) is 41.3 Å². The normalized spacial score (nSPS) is 11.1. The first-order valence-corrected chi connectivity index (χ1v) is 8.09. The predicted octanol–water partition coefficient (Wildman–Crippen LogP) is 4.28. The summed E-state index contributed by atoms with van der Waals surface area (Å²) in [7, 11) is 0. The molecule has 0 amide bonds. The van der Waals surface area contributed by atoms with Crippen molar-refractivity contribution in [1.82, 2.24) is 0 Å². The first kappa shape index (κ1) is 19.1. The summed E-state index contributed by atoms with van der Waals surface area (Å²) in [6.07, 6.45) is 1.39. The maximum atomic E-state index is 13.5. The highest BCUT2D eigenvalue weighted by Gasteiger charge is 2.16. The molecular formula is C21H18FNO3. The largest absolute Gasteiger partial charge is 0.453 e. The van der Waals surface area contributed by atoms with Crippen molar-refractivity contribution in [3.8, 4) is 6.07 Å². The molecule has 2 aromatic rings. The number of carbonyl (C=O) groups is 2. The van der Waals surface area contributed by atoms with Crippen LogP contribution in [-0.2, 0) is 9.53 Å². The van der Waals surface area contributed by atoms with Crippen LogP contribution in [0.25, 0.3) is 6.08 Å². The molecule has 0 aliphatic carbocycles. The third-order valence-corrected chi connectivity index (χ3v) is 3.76. The van der Waals surface area contributed by atoms with Gasteiger partial charge in [-0.3, -0.25) is 4.79 Å². The number of benzene rings is 2. The van der Waals surface area contributed by atoms with E-state index in [0.717, 1.165) is 11.6 Å². The second-order valence-corrected chi connectivity index (χ2v) is 5.97. The van der Waals surface area contributed by atoms with E-state index < -0.39 is 24.2 Å². The van der Waals surface area contributed by atoms with Gasteiger partial charge in [-0.1, -0.05) is 50.2 Å². The second kappa shape index (κ2) is 8.72. The van der Waals surface area contributed by atoms with Crippen LogP contribution in [0.4, 0.5) is 4.39 Å². The Hall–Kier alpha value is -3.26. The molecule has 0 fully saturated rings. The molecule has 0 radical (unpaired) electrons. The number of esters is 1. The summed E-state index contributed by atoms with van der Waals surface area (Å²) < 4.78 is 18.4. The highest BCUT2D eigenvalue weighted by Crippen LogP contribution is 2.16. The van der Waals surface area contributed by atoms with E-state index in [1.165, 1.54) is 24.3 Å². The monoisotopic (exact) mass is 351 g/mol. The van der Waals surface area contributed by atoms with E-state index in [-0.39, 0.29) is 11.1 Å². The summed E-state index contributed by atoms with van der Waals surface area (Å²) in [5.41, 5.74) is 1.41. The number of ether oxygens (including phenoxy) is 1. The molecule has 132 valence electrons. The molecule has 4 nitrogen and oxygen atoms in total. The molecule has 2 rings (SSSR count). The Balaban J connectivity index is 2.05. The van der Waals surface area contributed by atoms with Crippen LogP contribution in [0, 0.1) is 17.1 Å². The van der Waals surface area contributed by atoms with Gasteiger partial charge < -0.3 is 4.74 Å². The number of carbonyl (C=O) groups excluding carboxylic acids is 2. The van der Waals surface area contributed by atoms with Crippen molar-refractivity contribution in [2.45, 2.75) is 19.8 Å². The highest BCUT2D eigenvalue weighted by molar-refractivity contribution is 6.02. The summed E-state index contributed by atoms with van der Waals surface area (Å²) >= 11 is 0. The lowest BCUT2D eigenvalue weighted by atomic mass is 10.0. The lowest BCUT2D eigenvalue weighted by Crippen LogP contribution is -2.16. The molecule has 0 aromatic heterocycles. The van der Waals surface area contributed by atoms with Gasteiger partial charge in [0.2, 0.25) is 5.78 Å². The fourth-order valence-electron chi connectivity index (χ4n) is 2.25. The first-order chi connectivity index (χ1) is 12.4. The van der Waals surface area contributed by atoms with Gasteiger partial charge in [-0.2, -0.15) is 5.26 Å². The fourth-order valence-corrected chi connectivity index (χ4v) is 2.25. The number of nitriles is 1. The smallest absolute Gasteiger partial charge is 0.349 e. The Labute approximate surface area is 151 Å². The van der Waals surface area contributed by atoms with E-state index in [9.17, 15) is 14.0 Å². The van der Waals surface area contributed by atoms with Gasteiger partial charge in [0.15, 0.2) is 6.61 Å². The molecule has 0 aliphatic heterocycles. The van der Waals surface area contributed by atoms with Crippen molar-refractivity contribution in [2.75, 3.05) is 6.61 Å². The van der Waals surface area contributed by atoms with Crippen molar-refractivity contribution in [3.63, 3.8) is 0 Å². The third-order valence-electron chi connectivity index (χ3n) is 3.76. The number of hydrogen-bond acceptors (Lipinski definition) is 4. The van der Waals surface area contributed by atoms with E-state index >= 15 is 0 Å². The average molecular weight is 351 g/mol. The zero-order chi connectivity index (χ0) is 19.1. The van der Waals surface area contributed by atoms with E-state index in [4.69, 9.17) is 10.00 Å². The number of rotatable bonds is 6. The SMILES string of the molecule is CC(C)c1ccc(/C=C(\C#N)C(=O)OCC(=O)c2ccccc2F)cc1. The fraction of sp³-hybridized carbons (Fsp3) is 0.190. The molecule has 0 aliphatic rings. The van der Waals surface area contributed by atoms with Gasteiger partial charge in [0.25, 0.3) is 0 Å². The molecule has 0 bridgehead atoms. The summed E-state index contributed by atoms with van der Waals surface area (Å²) in [5.74, 6) is -1.91. The lowest BCUT2D eigenvalue weighted by Gasteiger charge is -2.06. The number of ketones is 1. The van der Waals surface area contributed by atoms with Crippen LogP contribution in [0.5, 0.6) is 0 Å². The molecule has 0 atom stereocenters. The van der Waals surface area contributed by atoms with Crippen LogP contribution < -0.4 is 0 Å². The van der Waals surface area contributed by atoms with Gasteiger partial charge in [0.05, 0.1) is 5.56 Å². The van der Waals surface area contributed by atoms with Gasteiger partial charge in [-0.25, -0.2) is 9.18 Å². The molecule has 26 heavy (non-hydrogen) atoms. The second-order valence-electron chi connectivity index (χ2n) is 5.97. The summed E-state index contributed by atoms with van der Waals surface area (Å²) in [5, 5.41) is 9.16. The molecule has 0 unspecified atom stereocenters. The Morgan fingerprint density at radius 3 is 2.38 bits per heavy atom. The lowest BCUT2D eigenvalue weighted by molar-refractivity contribution is -0.137. The van der Waals surface area contributed by atoms with Gasteiger partial charge in [-0.05, 0) is 35.3 Å². The van der Waals surface area contributed by atoms with E-state index in [2.05, 4.69) is 13.8 Å². The zero-order valence-electron chi connectivity index (χ0n) is 14.5. The third kappa shape index (κ3) is 4.87. The average Bonchev–Trinajstić information content (AvgIpc) is 2.64. The highest BCUT2D eigenvalue weighted by atomic mass is 19.1. The van der Waals surface area contributed by atoms with Gasteiger partial charge >= 0.3 is 5.97 Å². The molecule has 5 heteroatoms. The summed E-state index contributed by atoms with van der Waals surface area (Å²) in [6.45, 7) is 3.50. The maximum Gasteiger partial charge on any atom is 0.349 e.